The molecule has 18 heavy (non-hydrogen) atoms. The van der Waals surface area contributed by atoms with E-state index in [1.54, 1.807) is 6.07 Å². The number of nitrogens with one attached hydrogen (secondary N) is 2. The molecule has 1 aromatic heterocycles. The standard InChI is InChI=1S/C14H13N3O/c15-13(18)10-4-1-3-9(7-10)12-8-17-14-11(12)5-2-6-16-14/h1-5,7-8,16-17H,6H2,(H2,15,18). The Labute approximate surface area is 105 Å². The molecule has 0 fully saturated rings. The lowest BCUT2D eigenvalue weighted by atomic mass is 10.0. The van der Waals surface area contributed by atoms with Crippen molar-refractivity contribution in [1.29, 1.82) is 0 Å². The Morgan fingerprint density at radius 2 is 2.22 bits per heavy atom. The van der Waals surface area contributed by atoms with E-state index in [0.29, 0.717) is 5.56 Å². The number of fused-ring (bicyclic) bond motifs is 1. The Kier molecular flexibility index (Phi) is 2.41. The normalized spacial score (nSPS) is 12.9. The van der Waals surface area contributed by atoms with Crippen molar-refractivity contribution in [2.24, 2.45) is 5.73 Å². The van der Waals surface area contributed by atoms with E-state index in [0.717, 1.165) is 29.1 Å². The summed E-state index contributed by atoms with van der Waals surface area (Å²) in [7, 11) is 0. The van der Waals surface area contributed by atoms with Crippen LogP contribution in [0.5, 0.6) is 0 Å². The number of carbonyl (C=O) groups is 1. The SMILES string of the molecule is NC(=O)c1cccc(-c2c[nH]c3c2C=CCN3)c1. The average Bonchev–Trinajstić information content (AvgIpc) is 2.82. The zero-order valence-electron chi connectivity index (χ0n) is 9.73. The maximum Gasteiger partial charge on any atom is 0.248 e. The van der Waals surface area contributed by atoms with E-state index in [1.165, 1.54) is 0 Å². The molecule has 1 amide bonds. The second-order valence-electron chi connectivity index (χ2n) is 4.22. The van der Waals surface area contributed by atoms with Crippen LogP contribution >= 0.6 is 0 Å². The molecule has 0 saturated heterocycles. The van der Waals surface area contributed by atoms with Crippen molar-refractivity contribution in [1.82, 2.24) is 4.98 Å². The zero-order valence-corrected chi connectivity index (χ0v) is 9.73. The number of H-pyrrole nitrogens is 1. The Morgan fingerprint density at radius 3 is 3.06 bits per heavy atom. The van der Waals surface area contributed by atoms with Crippen molar-refractivity contribution < 1.29 is 4.79 Å². The minimum atomic E-state index is -0.407. The van der Waals surface area contributed by atoms with E-state index in [-0.39, 0.29) is 0 Å². The lowest BCUT2D eigenvalue weighted by Gasteiger charge is -2.09. The number of carbonyl (C=O) groups excluding carboxylic acids is 1. The lowest BCUT2D eigenvalue weighted by Crippen LogP contribution is -2.10. The summed E-state index contributed by atoms with van der Waals surface area (Å²) in [4.78, 5) is 14.4. The first-order valence-corrected chi connectivity index (χ1v) is 5.78. The molecule has 0 unspecified atom stereocenters. The van der Waals surface area contributed by atoms with Gasteiger partial charge in [-0.25, -0.2) is 0 Å². The van der Waals surface area contributed by atoms with E-state index >= 15 is 0 Å². The third-order valence-corrected chi connectivity index (χ3v) is 3.06. The van der Waals surface area contributed by atoms with E-state index in [9.17, 15) is 4.79 Å². The van der Waals surface area contributed by atoms with Crippen LogP contribution in [-0.2, 0) is 0 Å². The van der Waals surface area contributed by atoms with Crippen LogP contribution < -0.4 is 11.1 Å². The molecule has 0 atom stereocenters. The van der Waals surface area contributed by atoms with Crippen LogP contribution in [0.2, 0.25) is 0 Å². The monoisotopic (exact) mass is 239 g/mol. The number of nitrogens with two attached hydrogens (primary N) is 1. The Balaban J connectivity index is 2.11. The number of anilines is 1. The van der Waals surface area contributed by atoms with E-state index < -0.39 is 5.91 Å². The number of hydrogen-bond acceptors (Lipinski definition) is 2. The van der Waals surface area contributed by atoms with Crippen molar-refractivity contribution in [3.05, 3.63) is 47.7 Å². The molecule has 4 N–H and O–H groups in total. The van der Waals surface area contributed by atoms with Crippen LogP contribution in [0.25, 0.3) is 17.2 Å². The fourth-order valence-corrected chi connectivity index (χ4v) is 2.17. The van der Waals surface area contributed by atoms with Gasteiger partial charge in [0.25, 0.3) is 0 Å². The van der Waals surface area contributed by atoms with Crippen LogP contribution in [-0.4, -0.2) is 17.4 Å². The summed E-state index contributed by atoms with van der Waals surface area (Å²) in [5.41, 5.74) is 8.99. The molecule has 0 radical (unpaired) electrons. The molecule has 4 heteroatoms. The zero-order chi connectivity index (χ0) is 12.5. The summed E-state index contributed by atoms with van der Waals surface area (Å²) in [6, 6.07) is 7.35. The smallest absolute Gasteiger partial charge is 0.248 e. The van der Waals surface area contributed by atoms with Crippen molar-refractivity contribution in [2.45, 2.75) is 0 Å². The van der Waals surface area contributed by atoms with Gasteiger partial charge in [0.05, 0.1) is 0 Å². The summed E-state index contributed by atoms with van der Waals surface area (Å²) >= 11 is 0. The molecule has 1 aromatic carbocycles. The topological polar surface area (TPSA) is 70.9 Å². The number of aromatic amines is 1. The molecule has 1 aliphatic heterocycles. The Hall–Kier alpha value is -2.49. The van der Waals surface area contributed by atoms with Gasteiger partial charge < -0.3 is 16.0 Å². The van der Waals surface area contributed by atoms with E-state index in [2.05, 4.69) is 22.5 Å². The van der Waals surface area contributed by atoms with Gasteiger partial charge in [0.1, 0.15) is 5.82 Å². The van der Waals surface area contributed by atoms with Crippen molar-refractivity contribution >= 4 is 17.8 Å². The van der Waals surface area contributed by atoms with Gasteiger partial charge in [-0.3, -0.25) is 4.79 Å². The number of amides is 1. The van der Waals surface area contributed by atoms with Gasteiger partial charge in [-0.05, 0) is 17.7 Å². The molecule has 0 aliphatic carbocycles. The van der Waals surface area contributed by atoms with Crippen molar-refractivity contribution in [3.8, 4) is 11.1 Å². The molecule has 3 rings (SSSR count). The van der Waals surface area contributed by atoms with Gasteiger partial charge in [0, 0.05) is 29.4 Å². The molecule has 2 heterocycles. The first-order chi connectivity index (χ1) is 8.75. The van der Waals surface area contributed by atoms with Gasteiger partial charge in [0.15, 0.2) is 0 Å². The molecule has 90 valence electrons. The van der Waals surface area contributed by atoms with Crippen molar-refractivity contribution in [2.75, 3.05) is 11.9 Å². The Morgan fingerprint density at radius 1 is 1.33 bits per heavy atom. The highest BCUT2D eigenvalue weighted by molar-refractivity contribution is 5.95. The molecule has 0 spiro atoms. The van der Waals surface area contributed by atoms with Gasteiger partial charge >= 0.3 is 0 Å². The molecule has 0 bridgehead atoms. The van der Waals surface area contributed by atoms with Gasteiger partial charge in [-0.15, -0.1) is 0 Å². The number of benzene rings is 1. The summed E-state index contributed by atoms with van der Waals surface area (Å²) in [5, 5.41) is 3.26. The van der Waals surface area contributed by atoms with Crippen LogP contribution in [0.1, 0.15) is 15.9 Å². The highest BCUT2D eigenvalue weighted by Gasteiger charge is 2.13. The fraction of sp³-hybridized carbons (Fsp3) is 0.0714. The fourth-order valence-electron chi connectivity index (χ4n) is 2.17. The predicted octanol–water partition coefficient (Wildman–Crippen LogP) is 2.22. The first kappa shape index (κ1) is 10.7. The van der Waals surface area contributed by atoms with Crippen LogP contribution in [0.3, 0.4) is 0 Å². The molecular formula is C14H13N3O. The average molecular weight is 239 g/mol. The minimum Gasteiger partial charge on any atom is -0.368 e. The molecular weight excluding hydrogens is 226 g/mol. The number of aromatic nitrogens is 1. The quantitative estimate of drug-likeness (QED) is 0.752. The second-order valence-corrected chi connectivity index (χ2v) is 4.22. The largest absolute Gasteiger partial charge is 0.368 e. The third-order valence-electron chi connectivity index (χ3n) is 3.06. The second kappa shape index (κ2) is 4.07. The third kappa shape index (κ3) is 1.68. The number of primary amides is 1. The first-order valence-electron chi connectivity index (χ1n) is 5.78. The number of rotatable bonds is 2. The maximum atomic E-state index is 11.2. The lowest BCUT2D eigenvalue weighted by molar-refractivity contribution is 0.100. The summed E-state index contributed by atoms with van der Waals surface area (Å²) in [6.07, 6.45) is 6.08. The van der Waals surface area contributed by atoms with Gasteiger partial charge in [-0.2, -0.15) is 0 Å². The summed E-state index contributed by atoms with van der Waals surface area (Å²) in [5.74, 6) is 0.604. The van der Waals surface area contributed by atoms with E-state index in [1.807, 2.05) is 24.4 Å². The minimum absolute atomic E-state index is 0.407. The van der Waals surface area contributed by atoms with Crippen LogP contribution in [0, 0.1) is 0 Å². The van der Waals surface area contributed by atoms with Crippen molar-refractivity contribution in [3.63, 3.8) is 0 Å². The highest BCUT2D eigenvalue weighted by Crippen LogP contribution is 2.32. The predicted molar refractivity (Wildman–Crippen MR) is 72.3 cm³/mol. The molecule has 1 aliphatic rings. The summed E-state index contributed by atoms with van der Waals surface area (Å²) < 4.78 is 0. The van der Waals surface area contributed by atoms with Gasteiger partial charge in [0.2, 0.25) is 5.91 Å². The maximum absolute atomic E-state index is 11.2. The molecule has 0 saturated carbocycles. The highest BCUT2D eigenvalue weighted by atomic mass is 16.1. The number of hydrogen-bond donors (Lipinski definition) is 3. The van der Waals surface area contributed by atoms with Crippen LogP contribution in [0.4, 0.5) is 5.82 Å². The molecule has 4 nitrogen and oxygen atoms in total. The Bertz CT molecular complexity index is 640. The summed E-state index contributed by atoms with van der Waals surface area (Å²) in [6.45, 7) is 0.828. The van der Waals surface area contributed by atoms with Crippen LogP contribution in [0.15, 0.2) is 36.5 Å². The van der Waals surface area contributed by atoms with Gasteiger partial charge in [-0.1, -0.05) is 24.3 Å². The molecule has 2 aromatic rings. The van der Waals surface area contributed by atoms with E-state index in [4.69, 9.17) is 5.73 Å².